The average molecular weight is 375 g/mol. The normalized spacial score (nSPS) is 15.7. The lowest BCUT2D eigenvalue weighted by Crippen LogP contribution is -2.30. The summed E-state index contributed by atoms with van der Waals surface area (Å²) in [7, 11) is 0. The second-order valence-electron chi connectivity index (χ2n) is 7.38. The number of carbonyl (C=O) groups excluding carboxylic acids is 2. The standard InChI is InChI=1S/C23H25N3O2/c27-22(25-13-10-17-6-2-1-3-7-17)20-16-19(11-14-24-20)23(28)26-15-12-18-8-4-5-9-21(18)26/h4-6,8-9,11,14,16H,1-3,7,10,12-13,15H2,(H,25,27). The van der Waals surface area contributed by atoms with Gasteiger partial charge in [-0.2, -0.15) is 0 Å². The van der Waals surface area contributed by atoms with Gasteiger partial charge in [-0.15, -0.1) is 0 Å². The summed E-state index contributed by atoms with van der Waals surface area (Å²) in [5.74, 6) is -0.318. The predicted octanol–water partition coefficient (Wildman–Crippen LogP) is 3.90. The minimum Gasteiger partial charge on any atom is -0.350 e. The SMILES string of the molecule is O=C(NCCC1=CCCCC1)c1cc(C(=O)N2CCc3ccccc32)ccn1. The first-order valence-electron chi connectivity index (χ1n) is 10.0. The van der Waals surface area contributed by atoms with E-state index in [0.29, 0.717) is 18.7 Å². The summed E-state index contributed by atoms with van der Waals surface area (Å²) in [6, 6.07) is 11.2. The van der Waals surface area contributed by atoms with E-state index in [-0.39, 0.29) is 17.5 Å². The van der Waals surface area contributed by atoms with E-state index in [1.165, 1.54) is 30.2 Å². The molecule has 1 N–H and O–H groups in total. The second-order valence-corrected chi connectivity index (χ2v) is 7.38. The van der Waals surface area contributed by atoms with Gasteiger partial charge in [0.15, 0.2) is 0 Å². The lowest BCUT2D eigenvalue weighted by Gasteiger charge is -2.17. The number of nitrogens with zero attached hydrogens (tertiary/aromatic N) is 2. The Labute approximate surface area is 165 Å². The molecule has 0 spiro atoms. The summed E-state index contributed by atoms with van der Waals surface area (Å²) in [5, 5.41) is 2.93. The van der Waals surface area contributed by atoms with Crippen LogP contribution in [0.15, 0.2) is 54.2 Å². The monoisotopic (exact) mass is 375 g/mol. The molecule has 0 atom stereocenters. The van der Waals surface area contributed by atoms with Crippen molar-refractivity contribution in [3.05, 3.63) is 71.1 Å². The summed E-state index contributed by atoms with van der Waals surface area (Å²) >= 11 is 0. The van der Waals surface area contributed by atoms with Gasteiger partial charge in [0.2, 0.25) is 0 Å². The van der Waals surface area contributed by atoms with Gasteiger partial charge in [0, 0.05) is 30.5 Å². The molecule has 2 aromatic rings. The number of amides is 2. The number of pyridine rings is 1. The van der Waals surface area contributed by atoms with Crippen LogP contribution in [-0.2, 0) is 6.42 Å². The van der Waals surface area contributed by atoms with Crippen LogP contribution < -0.4 is 10.2 Å². The third-order valence-corrected chi connectivity index (χ3v) is 5.49. The fourth-order valence-electron chi connectivity index (χ4n) is 3.95. The first-order valence-corrected chi connectivity index (χ1v) is 10.0. The fraction of sp³-hybridized carbons (Fsp3) is 0.348. The molecule has 1 aromatic heterocycles. The fourth-order valence-corrected chi connectivity index (χ4v) is 3.95. The number of nitrogens with one attached hydrogen (secondary N) is 1. The van der Waals surface area contributed by atoms with E-state index in [9.17, 15) is 9.59 Å². The number of para-hydroxylation sites is 1. The Hall–Kier alpha value is -2.95. The van der Waals surface area contributed by atoms with E-state index < -0.39 is 0 Å². The van der Waals surface area contributed by atoms with Crippen LogP contribution in [0.3, 0.4) is 0 Å². The number of hydrogen-bond acceptors (Lipinski definition) is 3. The Bertz CT molecular complexity index is 920. The van der Waals surface area contributed by atoms with Gasteiger partial charge in [-0.25, -0.2) is 0 Å². The number of rotatable bonds is 5. The number of allylic oxidation sites excluding steroid dienone is 1. The molecule has 5 heteroatoms. The van der Waals surface area contributed by atoms with Gasteiger partial charge in [-0.1, -0.05) is 29.8 Å². The molecule has 2 aliphatic rings. The zero-order valence-electron chi connectivity index (χ0n) is 16.0. The number of benzene rings is 1. The average Bonchev–Trinajstić information content (AvgIpc) is 3.18. The summed E-state index contributed by atoms with van der Waals surface area (Å²) in [4.78, 5) is 31.4. The lowest BCUT2D eigenvalue weighted by molar-refractivity contribution is 0.0949. The van der Waals surface area contributed by atoms with Crippen LogP contribution in [0.25, 0.3) is 0 Å². The minimum atomic E-state index is -0.229. The summed E-state index contributed by atoms with van der Waals surface area (Å²) in [5.41, 5.74) is 4.34. The Morgan fingerprint density at radius 3 is 2.86 bits per heavy atom. The van der Waals surface area contributed by atoms with E-state index >= 15 is 0 Å². The van der Waals surface area contributed by atoms with Crippen molar-refractivity contribution >= 4 is 17.5 Å². The smallest absolute Gasteiger partial charge is 0.269 e. The molecule has 1 aliphatic carbocycles. The van der Waals surface area contributed by atoms with Gasteiger partial charge >= 0.3 is 0 Å². The van der Waals surface area contributed by atoms with Crippen molar-refractivity contribution in [1.29, 1.82) is 0 Å². The Morgan fingerprint density at radius 2 is 2.00 bits per heavy atom. The van der Waals surface area contributed by atoms with Crippen molar-refractivity contribution in [3.8, 4) is 0 Å². The van der Waals surface area contributed by atoms with Crippen LogP contribution in [0.5, 0.6) is 0 Å². The van der Waals surface area contributed by atoms with Gasteiger partial charge in [0.05, 0.1) is 0 Å². The first-order chi connectivity index (χ1) is 13.7. The molecule has 4 rings (SSSR count). The van der Waals surface area contributed by atoms with Gasteiger partial charge in [0.1, 0.15) is 5.69 Å². The van der Waals surface area contributed by atoms with Crippen LogP contribution in [0.2, 0.25) is 0 Å². The van der Waals surface area contributed by atoms with Crippen LogP contribution in [0, 0.1) is 0 Å². The van der Waals surface area contributed by atoms with E-state index in [1.54, 1.807) is 17.0 Å². The zero-order chi connectivity index (χ0) is 19.3. The van der Waals surface area contributed by atoms with Crippen molar-refractivity contribution in [1.82, 2.24) is 10.3 Å². The molecule has 28 heavy (non-hydrogen) atoms. The maximum Gasteiger partial charge on any atom is 0.269 e. The van der Waals surface area contributed by atoms with E-state index in [0.717, 1.165) is 31.4 Å². The number of fused-ring (bicyclic) bond motifs is 1. The maximum absolute atomic E-state index is 13.0. The number of carbonyl (C=O) groups is 2. The van der Waals surface area contributed by atoms with Crippen molar-refractivity contribution in [2.24, 2.45) is 0 Å². The maximum atomic E-state index is 13.0. The molecule has 1 aliphatic heterocycles. The highest BCUT2D eigenvalue weighted by Crippen LogP contribution is 2.28. The molecule has 5 nitrogen and oxygen atoms in total. The van der Waals surface area contributed by atoms with Gasteiger partial charge in [-0.3, -0.25) is 14.6 Å². The Balaban J connectivity index is 1.40. The highest BCUT2D eigenvalue weighted by Gasteiger charge is 2.25. The Morgan fingerprint density at radius 1 is 1.11 bits per heavy atom. The molecule has 0 unspecified atom stereocenters. The molecular weight excluding hydrogens is 350 g/mol. The van der Waals surface area contributed by atoms with Gasteiger partial charge in [-0.05, 0) is 62.3 Å². The largest absolute Gasteiger partial charge is 0.350 e. The van der Waals surface area contributed by atoms with Crippen molar-refractivity contribution in [3.63, 3.8) is 0 Å². The summed E-state index contributed by atoms with van der Waals surface area (Å²) in [6.07, 6.45) is 10.4. The van der Waals surface area contributed by atoms with Crippen LogP contribution in [0.1, 0.15) is 58.5 Å². The highest BCUT2D eigenvalue weighted by molar-refractivity contribution is 6.08. The topological polar surface area (TPSA) is 62.3 Å². The molecular formula is C23H25N3O2. The lowest BCUT2D eigenvalue weighted by atomic mass is 9.97. The number of aromatic nitrogens is 1. The van der Waals surface area contributed by atoms with Crippen LogP contribution in [-0.4, -0.2) is 29.9 Å². The summed E-state index contributed by atoms with van der Waals surface area (Å²) in [6.45, 7) is 1.27. The number of hydrogen-bond donors (Lipinski definition) is 1. The van der Waals surface area contributed by atoms with Crippen LogP contribution in [0.4, 0.5) is 5.69 Å². The van der Waals surface area contributed by atoms with Crippen molar-refractivity contribution < 1.29 is 9.59 Å². The van der Waals surface area contributed by atoms with Crippen LogP contribution >= 0.6 is 0 Å². The first kappa shape index (κ1) is 18.4. The minimum absolute atomic E-state index is 0.0891. The molecule has 0 bridgehead atoms. The molecule has 0 saturated carbocycles. The Kier molecular flexibility index (Phi) is 5.51. The van der Waals surface area contributed by atoms with E-state index in [1.807, 2.05) is 18.2 Å². The molecule has 2 heterocycles. The quantitative estimate of drug-likeness (QED) is 0.806. The third-order valence-electron chi connectivity index (χ3n) is 5.49. The zero-order valence-corrected chi connectivity index (χ0v) is 16.0. The molecule has 0 fully saturated rings. The molecule has 1 aromatic carbocycles. The van der Waals surface area contributed by atoms with Crippen molar-refractivity contribution in [2.75, 3.05) is 18.0 Å². The molecule has 0 radical (unpaired) electrons. The summed E-state index contributed by atoms with van der Waals surface area (Å²) < 4.78 is 0. The molecule has 2 amide bonds. The second kappa shape index (κ2) is 8.38. The highest BCUT2D eigenvalue weighted by atomic mass is 16.2. The molecule has 0 saturated heterocycles. The van der Waals surface area contributed by atoms with E-state index in [2.05, 4.69) is 22.4 Å². The molecule has 144 valence electrons. The predicted molar refractivity (Wildman–Crippen MR) is 110 cm³/mol. The van der Waals surface area contributed by atoms with Gasteiger partial charge < -0.3 is 10.2 Å². The number of anilines is 1. The third kappa shape index (κ3) is 3.98. The van der Waals surface area contributed by atoms with Crippen molar-refractivity contribution in [2.45, 2.75) is 38.5 Å². The van der Waals surface area contributed by atoms with Gasteiger partial charge in [0.25, 0.3) is 11.8 Å². The van der Waals surface area contributed by atoms with E-state index in [4.69, 9.17) is 0 Å².